The molecule has 0 atom stereocenters. The van der Waals surface area contributed by atoms with Gasteiger partial charge in [-0.25, -0.2) is 9.97 Å². The van der Waals surface area contributed by atoms with Gasteiger partial charge in [-0.3, -0.25) is 9.36 Å². The number of fused-ring (bicyclic) bond motifs is 2. The number of imidazole rings is 1. The minimum absolute atomic E-state index is 0.116. The first-order valence-corrected chi connectivity index (χ1v) is 9.78. The predicted octanol–water partition coefficient (Wildman–Crippen LogP) is 4.11. The van der Waals surface area contributed by atoms with Gasteiger partial charge in [-0.2, -0.15) is 4.37 Å². The third kappa shape index (κ3) is 2.71. The van der Waals surface area contributed by atoms with Crippen molar-refractivity contribution >= 4 is 44.4 Å². The number of rotatable bonds is 3. The fraction of sp³-hybridized carbons (Fsp3) is 0.100. The summed E-state index contributed by atoms with van der Waals surface area (Å²) >= 11 is 7.13. The van der Waals surface area contributed by atoms with Crippen molar-refractivity contribution in [1.29, 1.82) is 0 Å². The van der Waals surface area contributed by atoms with E-state index < -0.39 is 0 Å². The Balaban J connectivity index is 1.58. The molecule has 0 bridgehead atoms. The van der Waals surface area contributed by atoms with Crippen LogP contribution in [0.4, 0.5) is 0 Å². The van der Waals surface area contributed by atoms with E-state index in [1.807, 2.05) is 48.0 Å². The fourth-order valence-electron chi connectivity index (χ4n) is 3.25. The Bertz CT molecular complexity index is 1380. The van der Waals surface area contributed by atoms with Crippen LogP contribution in [0.1, 0.15) is 5.82 Å². The van der Waals surface area contributed by atoms with Crippen LogP contribution in [0.25, 0.3) is 32.5 Å². The number of nitrogens with zero attached hydrogens (tertiary/aromatic N) is 5. The molecule has 3 aromatic heterocycles. The summed E-state index contributed by atoms with van der Waals surface area (Å²) in [6.45, 7) is 0.348. The van der Waals surface area contributed by atoms with Crippen molar-refractivity contribution < 1.29 is 0 Å². The number of aryl methyl sites for hydroxylation is 1. The van der Waals surface area contributed by atoms with Gasteiger partial charge >= 0.3 is 0 Å². The van der Waals surface area contributed by atoms with Crippen LogP contribution < -0.4 is 5.56 Å². The lowest BCUT2D eigenvalue weighted by Crippen LogP contribution is -2.21. The van der Waals surface area contributed by atoms with Crippen LogP contribution in [-0.4, -0.2) is 23.5 Å². The molecule has 138 valence electrons. The van der Waals surface area contributed by atoms with E-state index >= 15 is 0 Å². The largest absolute Gasteiger partial charge is 0.330 e. The zero-order valence-corrected chi connectivity index (χ0v) is 16.4. The van der Waals surface area contributed by atoms with Gasteiger partial charge in [0, 0.05) is 17.6 Å². The third-order valence-electron chi connectivity index (χ3n) is 4.76. The van der Waals surface area contributed by atoms with Gasteiger partial charge in [0.05, 0.1) is 23.9 Å². The molecule has 0 radical (unpaired) electrons. The van der Waals surface area contributed by atoms with E-state index in [1.54, 1.807) is 23.0 Å². The second-order valence-corrected chi connectivity index (χ2v) is 7.68. The molecule has 28 heavy (non-hydrogen) atoms. The lowest BCUT2D eigenvalue weighted by Gasteiger charge is -2.06. The Morgan fingerprint density at radius 2 is 1.89 bits per heavy atom. The van der Waals surface area contributed by atoms with Gasteiger partial charge in [-0.1, -0.05) is 35.9 Å². The molecular formula is C20H14ClN5OS. The minimum Gasteiger partial charge on any atom is -0.330 e. The van der Waals surface area contributed by atoms with Gasteiger partial charge in [0.15, 0.2) is 0 Å². The van der Waals surface area contributed by atoms with Crippen LogP contribution in [0, 0.1) is 0 Å². The first-order chi connectivity index (χ1) is 13.6. The van der Waals surface area contributed by atoms with Crippen molar-refractivity contribution in [1.82, 2.24) is 23.5 Å². The molecule has 0 aliphatic rings. The molecule has 0 saturated heterocycles. The number of hydrogen-bond acceptors (Lipinski definition) is 5. The zero-order chi connectivity index (χ0) is 19.3. The highest BCUT2D eigenvalue weighted by Crippen LogP contribution is 2.28. The van der Waals surface area contributed by atoms with E-state index in [2.05, 4.69) is 14.3 Å². The van der Waals surface area contributed by atoms with Crippen molar-refractivity contribution in [2.75, 3.05) is 0 Å². The number of para-hydroxylation sites is 2. The summed E-state index contributed by atoms with van der Waals surface area (Å²) in [6.07, 6.45) is 1.57. The van der Waals surface area contributed by atoms with Crippen molar-refractivity contribution in [2.24, 2.45) is 7.05 Å². The monoisotopic (exact) mass is 407 g/mol. The van der Waals surface area contributed by atoms with Crippen LogP contribution in [0.2, 0.25) is 5.02 Å². The highest BCUT2D eigenvalue weighted by Gasteiger charge is 2.16. The number of halogens is 1. The summed E-state index contributed by atoms with van der Waals surface area (Å²) in [5.74, 6) is 0.798. The molecule has 0 N–H and O–H groups in total. The van der Waals surface area contributed by atoms with Crippen LogP contribution >= 0.6 is 23.1 Å². The van der Waals surface area contributed by atoms with Gasteiger partial charge in [0.1, 0.15) is 21.7 Å². The summed E-state index contributed by atoms with van der Waals surface area (Å²) in [7, 11) is 1.95. The third-order valence-corrected chi connectivity index (χ3v) is 5.83. The SMILES string of the molecule is Cn1c(Cn2cnc3c(-c4ccc(Cl)cc4)nsc3c2=O)nc2ccccc21. The topological polar surface area (TPSA) is 65.6 Å². The summed E-state index contributed by atoms with van der Waals surface area (Å²) in [5.41, 5.74) is 4.01. The van der Waals surface area contributed by atoms with Crippen LogP contribution in [-0.2, 0) is 13.6 Å². The second kappa shape index (κ2) is 6.54. The van der Waals surface area contributed by atoms with E-state index in [9.17, 15) is 4.79 Å². The van der Waals surface area contributed by atoms with Crippen molar-refractivity contribution in [3.63, 3.8) is 0 Å². The standard InChI is InChI=1S/C20H14ClN5OS/c1-25-15-5-3-2-4-14(15)23-16(25)10-26-11-22-18-17(24-28-19(18)20(26)27)12-6-8-13(21)9-7-12/h2-9,11H,10H2,1H3. The fourth-order valence-corrected chi connectivity index (χ4v) is 4.19. The molecule has 0 spiro atoms. The Labute approximate surface area is 168 Å². The number of benzene rings is 2. The summed E-state index contributed by atoms with van der Waals surface area (Å²) in [4.78, 5) is 22.2. The van der Waals surface area contributed by atoms with Gasteiger partial charge < -0.3 is 4.57 Å². The van der Waals surface area contributed by atoms with Crippen LogP contribution in [0.3, 0.4) is 0 Å². The van der Waals surface area contributed by atoms with E-state index in [1.165, 1.54) is 11.5 Å². The molecule has 0 fully saturated rings. The van der Waals surface area contributed by atoms with Gasteiger partial charge in [0.25, 0.3) is 5.56 Å². The number of hydrogen-bond donors (Lipinski definition) is 0. The molecule has 0 aliphatic carbocycles. The molecule has 0 aliphatic heterocycles. The molecule has 0 amide bonds. The highest BCUT2D eigenvalue weighted by molar-refractivity contribution is 7.13. The van der Waals surface area contributed by atoms with E-state index in [-0.39, 0.29) is 5.56 Å². The first-order valence-electron chi connectivity index (χ1n) is 8.63. The Hall–Kier alpha value is -3.03. The van der Waals surface area contributed by atoms with E-state index in [0.717, 1.165) is 22.4 Å². The van der Waals surface area contributed by atoms with Crippen LogP contribution in [0.15, 0.2) is 59.7 Å². The molecule has 5 rings (SSSR count). The zero-order valence-electron chi connectivity index (χ0n) is 14.8. The summed E-state index contributed by atoms with van der Waals surface area (Å²) in [6, 6.07) is 15.3. The van der Waals surface area contributed by atoms with Crippen molar-refractivity contribution in [3.05, 3.63) is 76.1 Å². The van der Waals surface area contributed by atoms with Gasteiger partial charge in [-0.15, -0.1) is 0 Å². The average molecular weight is 408 g/mol. The smallest absolute Gasteiger partial charge is 0.273 e. The normalized spacial score (nSPS) is 11.5. The van der Waals surface area contributed by atoms with E-state index in [0.29, 0.717) is 27.5 Å². The highest BCUT2D eigenvalue weighted by atomic mass is 35.5. The molecule has 2 aromatic carbocycles. The quantitative estimate of drug-likeness (QED) is 0.451. The Morgan fingerprint density at radius 1 is 1.11 bits per heavy atom. The lowest BCUT2D eigenvalue weighted by molar-refractivity contribution is 0.680. The lowest BCUT2D eigenvalue weighted by atomic mass is 10.1. The van der Waals surface area contributed by atoms with E-state index in [4.69, 9.17) is 11.6 Å². The average Bonchev–Trinajstić information content (AvgIpc) is 3.27. The Morgan fingerprint density at radius 3 is 2.68 bits per heavy atom. The van der Waals surface area contributed by atoms with Gasteiger partial charge in [0.2, 0.25) is 0 Å². The molecule has 5 aromatic rings. The molecule has 3 heterocycles. The van der Waals surface area contributed by atoms with Gasteiger partial charge in [-0.05, 0) is 35.8 Å². The number of aromatic nitrogens is 5. The molecule has 0 unspecified atom stereocenters. The van der Waals surface area contributed by atoms with Crippen molar-refractivity contribution in [3.8, 4) is 11.3 Å². The molecule has 6 nitrogen and oxygen atoms in total. The maximum absolute atomic E-state index is 13.0. The van der Waals surface area contributed by atoms with Crippen molar-refractivity contribution in [2.45, 2.75) is 6.54 Å². The minimum atomic E-state index is -0.116. The Kier molecular flexibility index (Phi) is 3.99. The molecule has 8 heteroatoms. The summed E-state index contributed by atoms with van der Waals surface area (Å²) in [5, 5.41) is 0.654. The van der Waals surface area contributed by atoms with Crippen LogP contribution in [0.5, 0.6) is 0 Å². The maximum Gasteiger partial charge on any atom is 0.273 e. The maximum atomic E-state index is 13.0. The second-order valence-electron chi connectivity index (χ2n) is 6.47. The predicted molar refractivity (Wildman–Crippen MR) is 112 cm³/mol. The first kappa shape index (κ1) is 17.1. The molecule has 0 saturated carbocycles. The molecular weight excluding hydrogens is 394 g/mol. The summed E-state index contributed by atoms with van der Waals surface area (Å²) < 4.78 is 8.57.